The third-order valence-electron chi connectivity index (χ3n) is 4.06. The molecule has 0 radical (unpaired) electrons. The van der Waals surface area contributed by atoms with Gasteiger partial charge in [0.1, 0.15) is 11.6 Å². The van der Waals surface area contributed by atoms with Crippen LogP contribution >= 0.6 is 0 Å². The van der Waals surface area contributed by atoms with Crippen molar-refractivity contribution in [1.29, 1.82) is 0 Å². The number of anilines is 1. The Bertz CT molecular complexity index is 839. The fraction of sp³-hybridized carbons (Fsp3) is 0.375. The van der Waals surface area contributed by atoms with Gasteiger partial charge in [0.05, 0.1) is 13.2 Å². The van der Waals surface area contributed by atoms with Crippen molar-refractivity contribution in [1.82, 2.24) is 24.5 Å². The van der Waals surface area contributed by atoms with Gasteiger partial charge in [0, 0.05) is 38.1 Å². The molecule has 0 aliphatic carbocycles. The van der Waals surface area contributed by atoms with E-state index >= 15 is 0 Å². The van der Waals surface area contributed by atoms with Gasteiger partial charge in [-0.2, -0.15) is 0 Å². The molecule has 3 aromatic heterocycles. The van der Waals surface area contributed by atoms with Crippen molar-refractivity contribution >= 4 is 17.0 Å². The number of morpholine rings is 1. The first kappa shape index (κ1) is 14.1. The molecule has 0 amide bonds. The SMILES string of the molecule is Cc1nc(N2CCOCC2)c2nc(-c3ccncc3)n(C)c2n1. The van der Waals surface area contributed by atoms with Crippen LogP contribution < -0.4 is 4.90 Å². The highest BCUT2D eigenvalue weighted by atomic mass is 16.5. The van der Waals surface area contributed by atoms with E-state index in [9.17, 15) is 0 Å². The summed E-state index contributed by atoms with van der Waals surface area (Å²) >= 11 is 0. The van der Waals surface area contributed by atoms with Crippen molar-refractivity contribution in [2.24, 2.45) is 7.05 Å². The highest BCUT2D eigenvalue weighted by molar-refractivity contribution is 5.87. The lowest BCUT2D eigenvalue weighted by Gasteiger charge is -2.27. The molecule has 1 aliphatic heterocycles. The number of aromatic nitrogens is 5. The Labute approximate surface area is 134 Å². The summed E-state index contributed by atoms with van der Waals surface area (Å²) in [5.41, 5.74) is 2.71. The number of hydrogen-bond acceptors (Lipinski definition) is 6. The van der Waals surface area contributed by atoms with Crippen molar-refractivity contribution in [2.45, 2.75) is 6.92 Å². The average molecular weight is 310 g/mol. The van der Waals surface area contributed by atoms with E-state index in [2.05, 4.69) is 19.9 Å². The second-order valence-corrected chi connectivity index (χ2v) is 5.60. The molecule has 0 atom stereocenters. The van der Waals surface area contributed by atoms with Crippen molar-refractivity contribution < 1.29 is 4.74 Å². The highest BCUT2D eigenvalue weighted by Crippen LogP contribution is 2.28. The number of imidazole rings is 1. The first-order valence-electron chi connectivity index (χ1n) is 7.68. The Balaban J connectivity index is 1.91. The van der Waals surface area contributed by atoms with E-state index in [0.717, 1.165) is 47.3 Å². The van der Waals surface area contributed by atoms with E-state index in [1.807, 2.05) is 30.7 Å². The lowest BCUT2D eigenvalue weighted by Crippen LogP contribution is -2.37. The molecule has 7 heteroatoms. The predicted molar refractivity (Wildman–Crippen MR) is 87.3 cm³/mol. The van der Waals surface area contributed by atoms with E-state index in [4.69, 9.17) is 9.72 Å². The lowest BCUT2D eigenvalue weighted by atomic mass is 10.2. The minimum absolute atomic E-state index is 0.717. The van der Waals surface area contributed by atoms with Gasteiger partial charge in [-0.25, -0.2) is 15.0 Å². The predicted octanol–water partition coefficient (Wildman–Crippen LogP) is 1.57. The zero-order chi connectivity index (χ0) is 15.8. The van der Waals surface area contributed by atoms with Crippen LogP contribution in [0.1, 0.15) is 5.82 Å². The van der Waals surface area contributed by atoms with Crippen molar-refractivity contribution in [3.63, 3.8) is 0 Å². The van der Waals surface area contributed by atoms with Gasteiger partial charge in [-0.05, 0) is 19.1 Å². The molecule has 3 aromatic rings. The molecule has 0 N–H and O–H groups in total. The second kappa shape index (κ2) is 5.58. The zero-order valence-electron chi connectivity index (χ0n) is 13.2. The molecule has 23 heavy (non-hydrogen) atoms. The standard InChI is InChI=1S/C16H18N6O/c1-11-18-15-13(16(19-11)22-7-9-23-10-8-22)20-14(21(15)2)12-3-5-17-6-4-12/h3-6H,7-10H2,1-2H3. The molecule has 1 saturated heterocycles. The molecular formula is C16H18N6O. The second-order valence-electron chi connectivity index (χ2n) is 5.60. The Morgan fingerprint density at radius 2 is 1.78 bits per heavy atom. The summed E-state index contributed by atoms with van der Waals surface area (Å²) in [7, 11) is 1.99. The van der Waals surface area contributed by atoms with E-state index < -0.39 is 0 Å². The number of nitrogens with zero attached hydrogens (tertiary/aromatic N) is 6. The maximum Gasteiger partial charge on any atom is 0.165 e. The largest absolute Gasteiger partial charge is 0.378 e. The minimum atomic E-state index is 0.717. The molecule has 0 saturated carbocycles. The zero-order valence-corrected chi connectivity index (χ0v) is 13.2. The molecule has 1 fully saturated rings. The van der Waals surface area contributed by atoms with Gasteiger partial charge in [0.2, 0.25) is 0 Å². The number of hydrogen-bond donors (Lipinski definition) is 0. The summed E-state index contributed by atoms with van der Waals surface area (Å²) in [5, 5.41) is 0. The molecule has 4 rings (SSSR count). The van der Waals surface area contributed by atoms with E-state index in [0.29, 0.717) is 13.2 Å². The Morgan fingerprint density at radius 1 is 1.04 bits per heavy atom. The molecule has 0 unspecified atom stereocenters. The Kier molecular flexibility index (Phi) is 3.42. The summed E-state index contributed by atoms with van der Waals surface area (Å²) in [5.74, 6) is 2.52. The number of aryl methyl sites for hydroxylation is 2. The first-order chi connectivity index (χ1) is 11.2. The van der Waals surface area contributed by atoms with Crippen LogP contribution in [-0.2, 0) is 11.8 Å². The highest BCUT2D eigenvalue weighted by Gasteiger charge is 2.21. The first-order valence-corrected chi connectivity index (χ1v) is 7.68. The van der Waals surface area contributed by atoms with Gasteiger partial charge in [0.25, 0.3) is 0 Å². The van der Waals surface area contributed by atoms with Gasteiger partial charge in [0.15, 0.2) is 17.0 Å². The van der Waals surface area contributed by atoms with Crippen LogP contribution in [0.25, 0.3) is 22.6 Å². The van der Waals surface area contributed by atoms with E-state index in [-0.39, 0.29) is 0 Å². The van der Waals surface area contributed by atoms with Gasteiger partial charge >= 0.3 is 0 Å². The van der Waals surface area contributed by atoms with Crippen LogP contribution in [0.5, 0.6) is 0 Å². The molecular weight excluding hydrogens is 292 g/mol. The number of ether oxygens (including phenoxy) is 1. The topological polar surface area (TPSA) is 69.0 Å². The molecule has 0 aromatic carbocycles. The number of fused-ring (bicyclic) bond motifs is 1. The van der Waals surface area contributed by atoms with Crippen molar-refractivity contribution in [2.75, 3.05) is 31.2 Å². The third kappa shape index (κ3) is 2.43. The van der Waals surface area contributed by atoms with Crippen LogP contribution in [0.3, 0.4) is 0 Å². The van der Waals surface area contributed by atoms with Gasteiger partial charge < -0.3 is 14.2 Å². The maximum absolute atomic E-state index is 5.44. The maximum atomic E-state index is 5.44. The minimum Gasteiger partial charge on any atom is -0.378 e. The third-order valence-corrected chi connectivity index (χ3v) is 4.06. The normalized spacial score (nSPS) is 15.3. The quantitative estimate of drug-likeness (QED) is 0.715. The van der Waals surface area contributed by atoms with E-state index in [1.165, 1.54) is 0 Å². The van der Waals surface area contributed by atoms with Crippen LogP contribution in [0.4, 0.5) is 5.82 Å². The smallest absolute Gasteiger partial charge is 0.165 e. The Hall–Kier alpha value is -2.54. The summed E-state index contributed by atoms with van der Waals surface area (Å²) in [4.78, 5) is 20.4. The summed E-state index contributed by atoms with van der Waals surface area (Å²) in [6.07, 6.45) is 3.54. The number of pyridine rings is 1. The summed E-state index contributed by atoms with van der Waals surface area (Å²) in [6, 6.07) is 3.91. The van der Waals surface area contributed by atoms with Gasteiger partial charge in [-0.1, -0.05) is 0 Å². The van der Waals surface area contributed by atoms with Crippen molar-refractivity contribution in [3.8, 4) is 11.4 Å². The molecule has 0 spiro atoms. The Morgan fingerprint density at radius 3 is 2.52 bits per heavy atom. The molecule has 118 valence electrons. The van der Waals surface area contributed by atoms with Gasteiger partial charge in [-0.3, -0.25) is 4.98 Å². The van der Waals surface area contributed by atoms with Crippen molar-refractivity contribution in [3.05, 3.63) is 30.4 Å². The van der Waals surface area contributed by atoms with Gasteiger partial charge in [-0.15, -0.1) is 0 Å². The molecule has 4 heterocycles. The fourth-order valence-corrected chi connectivity index (χ4v) is 2.91. The lowest BCUT2D eigenvalue weighted by molar-refractivity contribution is 0.122. The summed E-state index contributed by atoms with van der Waals surface area (Å²) in [6.45, 7) is 5.01. The molecule has 1 aliphatic rings. The van der Waals surface area contributed by atoms with E-state index in [1.54, 1.807) is 12.4 Å². The molecule has 0 bridgehead atoms. The van der Waals surface area contributed by atoms with Crippen LogP contribution in [0, 0.1) is 6.92 Å². The number of rotatable bonds is 2. The van der Waals surface area contributed by atoms with Crippen LogP contribution in [0.15, 0.2) is 24.5 Å². The summed E-state index contributed by atoms with van der Waals surface area (Å²) < 4.78 is 7.46. The van der Waals surface area contributed by atoms with Crippen LogP contribution in [-0.4, -0.2) is 50.8 Å². The average Bonchev–Trinajstić information content (AvgIpc) is 2.93. The van der Waals surface area contributed by atoms with Crippen LogP contribution in [0.2, 0.25) is 0 Å². The monoisotopic (exact) mass is 310 g/mol. The fourth-order valence-electron chi connectivity index (χ4n) is 2.91. The molecule has 7 nitrogen and oxygen atoms in total.